The first-order chi connectivity index (χ1) is 17.2. The van der Waals surface area contributed by atoms with Crippen LogP contribution in [-0.2, 0) is 22.4 Å². The smallest absolute Gasteiger partial charge is 0.303 e. The van der Waals surface area contributed by atoms with Gasteiger partial charge in [0.2, 0.25) is 0 Å². The van der Waals surface area contributed by atoms with Gasteiger partial charge in [0.1, 0.15) is 5.82 Å². The molecule has 2 aromatic rings. The van der Waals surface area contributed by atoms with Crippen molar-refractivity contribution in [3.63, 3.8) is 0 Å². The van der Waals surface area contributed by atoms with E-state index in [0.29, 0.717) is 12.0 Å². The van der Waals surface area contributed by atoms with Crippen LogP contribution in [-0.4, -0.2) is 61.5 Å². The van der Waals surface area contributed by atoms with E-state index in [1.54, 1.807) is 0 Å². The first-order valence-corrected chi connectivity index (χ1v) is 13.3. The van der Waals surface area contributed by atoms with Gasteiger partial charge in [-0.05, 0) is 86.2 Å². The van der Waals surface area contributed by atoms with E-state index in [9.17, 15) is 9.90 Å². The number of nitrogens with one attached hydrogen (secondary N) is 2. The summed E-state index contributed by atoms with van der Waals surface area (Å²) in [6, 6.07) is 13.4. The highest BCUT2D eigenvalue weighted by atomic mass is 16.5. The van der Waals surface area contributed by atoms with Crippen LogP contribution >= 0.6 is 0 Å². The van der Waals surface area contributed by atoms with Crippen molar-refractivity contribution in [1.29, 1.82) is 0 Å². The maximum atomic E-state index is 11.7. The average molecular weight is 479 g/mol. The third kappa shape index (κ3) is 6.14. The predicted molar refractivity (Wildman–Crippen MR) is 138 cm³/mol. The topological polar surface area (TPSA) is 86.7 Å². The molecule has 2 fully saturated rings. The molecule has 1 saturated heterocycles. The fraction of sp³-hybridized carbons (Fsp3) is 0.571. The van der Waals surface area contributed by atoms with Crippen LogP contribution in [0.5, 0.6) is 0 Å². The van der Waals surface area contributed by atoms with Crippen molar-refractivity contribution in [2.45, 2.75) is 56.9 Å². The van der Waals surface area contributed by atoms with Crippen molar-refractivity contribution in [2.75, 3.05) is 49.6 Å². The summed E-state index contributed by atoms with van der Waals surface area (Å²) in [6.07, 6.45) is 6.64. The normalized spacial score (nSPS) is 22.6. The Labute approximate surface area is 208 Å². The van der Waals surface area contributed by atoms with Gasteiger partial charge >= 0.3 is 5.97 Å². The minimum atomic E-state index is -0.713. The standard InChI is InChI=1S/C28H38N4O3/c33-27(34)19-26(21-4-1-7-25(18-21)32-12-14-35-15-13-32)22-16-24(17-22)29-10-3-6-23-9-8-20-5-2-11-30-28(20)31-23/h1,4,7-9,18,22,24,26,29H,2-3,5-6,10-17,19H2,(H,30,31)(H,33,34). The summed E-state index contributed by atoms with van der Waals surface area (Å²) < 4.78 is 5.48. The minimum absolute atomic E-state index is 0.0683. The van der Waals surface area contributed by atoms with Gasteiger partial charge < -0.3 is 25.4 Å². The third-order valence-corrected chi connectivity index (χ3v) is 7.81. The number of carboxylic acids is 1. The highest BCUT2D eigenvalue weighted by Gasteiger charge is 2.36. The number of hydrogen-bond donors (Lipinski definition) is 3. The summed E-state index contributed by atoms with van der Waals surface area (Å²) in [4.78, 5) is 18.8. The highest BCUT2D eigenvalue weighted by Crippen LogP contribution is 2.42. The molecule has 1 aromatic carbocycles. The Balaban J connectivity index is 1.10. The van der Waals surface area contributed by atoms with Gasteiger partial charge in [0.05, 0.1) is 19.6 Å². The number of nitrogens with zero attached hydrogens (tertiary/aromatic N) is 2. The monoisotopic (exact) mass is 478 g/mol. The van der Waals surface area contributed by atoms with E-state index in [4.69, 9.17) is 9.72 Å². The molecular formula is C28H38N4O3. The summed E-state index contributed by atoms with van der Waals surface area (Å²) in [5.74, 6) is 0.844. The molecule has 0 radical (unpaired) electrons. The lowest BCUT2D eigenvalue weighted by Gasteiger charge is -2.41. The summed E-state index contributed by atoms with van der Waals surface area (Å²) in [5.41, 5.74) is 4.84. The second-order valence-electron chi connectivity index (χ2n) is 10.2. The number of ether oxygens (including phenoxy) is 1. The van der Waals surface area contributed by atoms with Gasteiger partial charge in [-0.3, -0.25) is 4.79 Å². The molecular weight excluding hydrogens is 440 g/mol. The fourth-order valence-corrected chi connectivity index (χ4v) is 5.76. The zero-order valence-corrected chi connectivity index (χ0v) is 20.5. The molecule has 2 aliphatic heterocycles. The molecule has 188 valence electrons. The van der Waals surface area contributed by atoms with Crippen LogP contribution < -0.4 is 15.5 Å². The number of aryl methyl sites for hydroxylation is 2. The van der Waals surface area contributed by atoms with E-state index < -0.39 is 5.97 Å². The molecule has 35 heavy (non-hydrogen) atoms. The van der Waals surface area contributed by atoms with Crippen molar-refractivity contribution >= 4 is 17.5 Å². The molecule has 1 saturated carbocycles. The molecule has 3 heterocycles. The number of fused-ring (bicyclic) bond motifs is 1. The Hall–Kier alpha value is -2.64. The molecule has 0 bridgehead atoms. The minimum Gasteiger partial charge on any atom is -0.481 e. The average Bonchev–Trinajstić information content (AvgIpc) is 2.87. The maximum absolute atomic E-state index is 11.7. The molecule has 7 nitrogen and oxygen atoms in total. The molecule has 1 atom stereocenters. The van der Waals surface area contributed by atoms with Crippen LogP contribution in [0.3, 0.4) is 0 Å². The van der Waals surface area contributed by atoms with E-state index in [0.717, 1.165) is 88.6 Å². The summed E-state index contributed by atoms with van der Waals surface area (Å²) in [6.45, 7) is 5.27. The van der Waals surface area contributed by atoms with Gasteiger partial charge in [0.25, 0.3) is 0 Å². The van der Waals surface area contributed by atoms with E-state index in [-0.39, 0.29) is 12.3 Å². The van der Waals surface area contributed by atoms with Crippen LogP contribution in [0.4, 0.5) is 11.5 Å². The van der Waals surface area contributed by atoms with E-state index in [1.807, 2.05) is 0 Å². The largest absolute Gasteiger partial charge is 0.481 e. The lowest BCUT2D eigenvalue weighted by molar-refractivity contribution is -0.138. The van der Waals surface area contributed by atoms with Gasteiger partial charge in [-0.25, -0.2) is 4.98 Å². The SMILES string of the molecule is O=C(O)CC(c1cccc(N2CCOCC2)c1)C1CC(NCCCc2ccc3c(n2)NCCC3)C1. The Morgan fingerprint density at radius 3 is 2.91 bits per heavy atom. The number of rotatable bonds is 10. The lowest BCUT2D eigenvalue weighted by Crippen LogP contribution is -2.44. The van der Waals surface area contributed by atoms with Gasteiger partial charge in [-0.1, -0.05) is 18.2 Å². The molecule has 0 spiro atoms. The molecule has 3 N–H and O–H groups in total. The number of pyridine rings is 1. The quantitative estimate of drug-likeness (QED) is 0.447. The molecule has 7 heteroatoms. The van der Waals surface area contributed by atoms with E-state index in [2.05, 4.69) is 51.9 Å². The third-order valence-electron chi connectivity index (χ3n) is 7.81. The van der Waals surface area contributed by atoms with Crippen molar-refractivity contribution in [3.05, 3.63) is 53.2 Å². The van der Waals surface area contributed by atoms with Crippen LogP contribution in [0.25, 0.3) is 0 Å². The summed E-state index contributed by atoms with van der Waals surface area (Å²) in [7, 11) is 0. The molecule has 1 unspecified atom stereocenters. The van der Waals surface area contributed by atoms with Crippen molar-refractivity contribution < 1.29 is 14.6 Å². The molecule has 5 rings (SSSR count). The Bertz CT molecular complexity index is 1000. The number of morpholine rings is 1. The molecule has 1 aromatic heterocycles. The molecule has 1 aliphatic carbocycles. The van der Waals surface area contributed by atoms with Crippen LogP contribution in [0, 0.1) is 5.92 Å². The summed E-state index contributed by atoms with van der Waals surface area (Å²) >= 11 is 0. The number of aliphatic carboxylic acids is 1. The van der Waals surface area contributed by atoms with Crippen molar-refractivity contribution in [3.8, 4) is 0 Å². The first-order valence-electron chi connectivity index (χ1n) is 13.3. The Kier molecular flexibility index (Phi) is 7.84. The van der Waals surface area contributed by atoms with Gasteiger partial charge in [-0.15, -0.1) is 0 Å². The van der Waals surface area contributed by atoms with E-state index >= 15 is 0 Å². The highest BCUT2D eigenvalue weighted by molar-refractivity contribution is 5.68. The molecule has 0 amide bonds. The molecule has 3 aliphatic rings. The second kappa shape index (κ2) is 11.4. The van der Waals surface area contributed by atoms with Gasteiger partial charge in [-0.2, -0.15) is 0 Å². The number of carboxylic acid groups (broad SMARTS) is 1. The van der Waals surface area contributed by atoms with E-state index in [1.165, 1.54) is 17.7 Å². The zero-order chi connectivity index (χ0) is 24.0. The van der Waals surface area contributed by atoms with Gasteiger partial charge in [0.15, 0.2) is 0 Å². The van der Waals surface area contributed by atoms with Crippen LogP contribution in [0.2, 0.25) is 0 Å². The van der Waals surface area contributed by atoms with Crippen LogP contribution in [0.15, 0.2) is 36.4 Å². The number of aromatic nitrogens is 1. The lowest BCUT2D eigenvalue weighted by atomic mass is 9.69. The Morgan fingerprint density at radius 1 is 1.23 bits per heavy atom. The van der Waals surface area contributed by atoms with Crippen molar-refractivity contribution in [1.82, 2.24) is 10.3 Å². The van der Waals surface area contributed by atoms with Crippen LogP contribution in [0.1, 0.15) is 54.8 Å². The predicted octanol–water partition coefficient (Wildman–Crippen LogP) is 3.84. The fourth-order valence-electron chi connectivity index (χ4n) is 5.76. The first kappa shape index (κ1) is 24.1. The van der Waals surface area contributed by atoms with Gasteiger partial charge in [0, 0.05) is 37.1 Å². The zero-order valence-electron chi connectivity index (χ0n) is 20.5. The number of carbonyl (C=O) groups is 1. The maximum Gasteiger partial charge on any atom is 0.303 e. The second-order valence-corrected chi connectivity index (χ2v) is 10.2. The van der Waals surface area contributed by atoms with Crippen molar-refractivity contribution in [2.24, 2.45) is 5.92 Å². The Morgan fingerprint density at radius 2 is 2.09 bits per heavy atom. The number of hydrogen-bond acceptors (Lipinski definition) is 6. The number of benzene rings is 1. The number of anilines is 2. The summed E-state index contributed by atoms with van der Waals surface area (Å²) in [5, 5.41) is 16.7.